The van der Waals surface area contributed by atoms with Gasteiger partial charge in [0.2, 0.25) is 0 Å². The number of nitrogens with two attached hydrogens (primary N) is 1. The van der Waals surface area contributed by atoms with E-state index in [-0.39, 0.29) is 11.9 Å². The molecule has 1 aromatic carbocycles. The number of hydrogen-bond acceptors (Lipinski definition) is 4. The lowest BCUT2D eigenvalue weighted by Gasteiger charge is -2.39. The molecular formula is C16H23NO2S. The van der Waals surface area contributed by atoms with Crippen molar-refractivity contribution in [2.45, 2.75) is 43.0 Å². The molecule has 4 heteroatoms. The molecule has 110 valence electrons. The second-order valence-electron chi connectivity index (χ2n) is 5.87. The minimum atomic E-state index is -0.403. The lowest BCUT2D eigenvalue weighted by molar-refractivity contribution is -0.147. The molecule has 2 N–H and O–H groups in total. The zero-order valence-corrected chi connectivity index (χ0v) is 13.0. The Morgan fingerprint density at radius 1 is 1.30 bits per heavy atom. The van der Waals surface area contributed by atoms with Crippen LogP contribution in [0.25, 0.3) is 0 Å². The molecule has 1 aliphatic rings. The first kappa shape index (κ1) is 15.4. The van der Waals surface area contributed by atoms with E-state index in [1.165, 1.54) is 7.11 Å². The second-order valence-corrected chi connectivity index (χ2v) is 6.35. The highest BCUT2D eigenvalue weighted by molar-refractivity contribution is 7.80. The summed E-state index contributed by atoms with van der Waals surface area (Å²) in [6.45, 7) is 2.07. The van der Waals surface area contributed by atoms with E-state index in [0.717, 1.165) is 36.1 Å². The van der Waals surface area contributed by atoms with Crippen LogP contribution in [-0.2, 0) is 15.1 Å². The summed E-state index contributed by atoms with van der Waals surface area (Å²) < 4.78 is 4.83. The lowest BCUT2D eigenvalue weighted by Crippen LogP contribution is -2.43. The fourth-order valence-electron chi connectivity index (χ4n) is 3.24. The average molecular weight is 293 g/mol. The van der Waals surface area contributed by atoms with Crippen molar-refractivity contribution in [3.05, 3.63) is 29.8 Å². The summed E-state index contributed by atoms with van der Waals surface area (Å²) in [6, 6.07) is 7.99. The number of ether oxygens (including phenoxy) is 1. The van der Waals surface area contributed by atoms with Gasteiger partial charge < -0.3 is 10.5 Å². The van der Waals surface area contributed by atoms with E-state index >= 15 is 0 Å². The molecule has 1 aliphatic carbocycles. The smallest absolute Gasteiger partial charge is 0.308 e. The van der Waals surface area contributed by atoms with Crippen molar-refractivity contribution in [3.63, 3.8) is 0 Å². The summed E-state index contributed by atoms with van der Waals surface area (Å²) in [5.74, 6) is 0.326. The van der Waals surface area contributed by atoms with Gasteiger partial charge in [0.1, 0.15) is 0 Å². The Kier molecular flexibility index (Phi) is 4.76. The van der Waals surface area contributed by atoms with Crippen LogP contribution in [0.2, 0.25) is 0 Å². The van der Waals surface area contributed by atoms with E-state index in [1.807, 2.05) is 18.2 Å². The molecule has 0 aliphatic heterocycles. The molecule has 2 rings (SSSR count). The van der Waals surface area contributed by atoms with Crippen LogP contribution in [0.5, 0.6) is 0 Å². The van der Waals surface area contributed by atoms with E-state index in [2.05, 4.69) is 25.6 Å². The number of esters is 1. The van der Waals surface area contributed by atoms with Gasteiger partial charge in [0.05, 0.1) is 13.0 Å². The number of rotatable bonds is 3. The van der Waals surface area contributed by atoms with Crippen molar-refractivity contribution >= 4 is 18.6 Å². The van der Waals surface area contributed by atoms with Gasteiger partial charge in [-0.2, -0.15) is 0 Å². The molecule has 20 heavy (non-hydrogen) atoms. The largest absolute Gasteiger partial charge is 0.469 e. The fourth-order valence-corrected chi connectivity index (χ4v) is 3.65. The van der Waals surface area contributed by atoms with Crippen LogP contribution in [0, 0.1) is 11.8 Å². The van der Waals surface area contributed by atoms with Crippen LogP contribution < -0.4 is 5.73 Å². The SMILES string of the molecule is COC(=O)C1CCC(C(C)(N)c2ccccc2S)CC1. The lowest BCUT2D eigenvalue weighted by atomic mass is 9.70. The van der Waals surface area contributed by atoms with Gasteiger partial charge in [-0.05, 0) is 50.2 Å². The van der Waals surface area contributed by atoms with Crippen molar-refractivity contribution in [1.29, 1.82) is 0 Å². The predicted octanol–water partition coefficient (Wildman–Crippen LogP) is 3.13. The topological polar surface area (TPSA) is 52.3 Å². The molecule has 0 spiro atoms. The Hall–Kier alpha value is -1.00. The number of methoxy groups -OCH3 is 1. The van der Waals surface area contributed by atoms with Gasteiger partial charge in [-0.15, -0.1) is 12.6 Å². The van der Waals surface area contributed by atoms with Gasteiger partial charge in [0, 0.05) is 10.4 Å². The first-order valence-corrected chi connectivity index (χ1v) is 7.56. The average Bonchev–Trinajstić information content (AvgIpc) is 2.47. The van der Waals surface area contributed by atoms with Crippen LogP contribution in [0.4, 0.5) is 0 Å². The van der Waals surface area contributed by atoms with Crippen LogP contribution in [0.3, 0.4) is 0 Å². The summed E-state index contributed by atoms with van der Waals surface area (Å²) >= 11 is 4.52. The zero-order valence-electron chi connectivity index (χ0n) is 12.1. The molecular weight excluding hydrogens is 270 g/mol. The third-order valence-corrected chi connectivity index (χ3v) is 4.98. The number of thiol groups is 1. The van der Waals surface area contributed by atoms with Crippen LogP contribution in [0.1, 0.15) is 38.2 Å². The standard InChI is InChI=1S/C16H23NO2S/c1-16(17,13-5-3-4-6-14(13)20)12-9-7-11(8-10-12)15(18)19-2/h3-6,11-12,20H,7-10,17H2,1-2H3. The molecule has 0 bridgehead atoms. The minimum Gasteiger partial charge on any atom is -0.469 e. The van der Waals surface area contributed by atoms with E-state index < -0.39 is 5.54 Å². The molecule has 0 amide bonds. The number of benzene rings is 1. The van der Waals surface area contributed by atoms with Gasteiger partial charge in [-0.25, -0.2) is 0 Å². The van der Waals surface area contributed by atoms with Crippen molar-refractivity contribution in [2.24, 2.45) is 17.6 Å². The molecule has 1 fully saturated rings. The molecule has 1 unspecified atom stereocenters. The summed E-state index contributed by atoms with van der Waals surface area (Å²) in [5, 5.41) is 0. The van der Waals surface area contributed by atoms with Crippen molar-refractivity contribution in [3.8, 4) is 0 Å². The summed E-state index contributed by atoms with van der Waals surface area (Å²) in [4.78, 5) is 12.5. The first-order chi connectivity index (χ1) is 9.46. The predicted molar refractivity (Wildman–Crippen MR) is 82.7 cm³/mol. The highest BCUT2D eigenvalue weighted by Gasteiger charge is 2.37. The van der Waals surface area contributed by atoms with Crippen molar-refractivity contribution < 1.29 is 9.53 Å². The van der Waals surface area contributed by atoms with E-state index in [9.17, 15) is 4.79 Å². The Labute approximate surface area is 126 Å². The number of carbonyl (C=O) groups is 1. The van der Waals surface area contributed by atoms with Crippen LogP contribution >= 0.6 is 12.6 Å². The van der Waals surface area contributed by atoms with E-state index in [1.54, 1.807) is 0 Å². The fraction of sp³-hybridized carbons (Fsp3) is 0.562. The maximum absolute atomic E-state index is 11.6. The Morgan fingerprint density at radius 3 is 2.45 bits per heavy atom. The Balaban J connectivity index is 2.09. The van der Waals surface area contributed by atoms with Crippen LogP contribution in [-0.4, -0.2) is 13.1 Å². The third kappa shape index (κ3) is 3.01. The maximum atomic E-state index is 11.6. The summed E-state index contributed by atoms with van der Waals surface area (Å²) in [7, 11) is 1.46. The zero-order chi connectivity index (χ0) is 14.8. The second kappa shape index (κ2) is 6.19. The molecule has 1 atom stereocenters. The number of hydrogen-bond donors (Lipinski definition) is 2. The number of carbonyl (C=O) groups excluding carboxylic acids is 1. The summed E-state index contributed by atoms with van der Waals surface area (Å²) in [5.41, 5.74) is 7.29. The monoisotopic (exact) mass is 293 g/mol. The highest BCUT2D eigenvalue weighted by atomic mass is 32.1. The van der Waals surface area contributed by atoms with Gasteiger partial charge in [-0.3, -0.25) is 4.79 Å². The van der Waals surface area contributed by atoms with Gasteiger partial charge in [0.25, 0.3) is 0 Å². The van der Waals surface area contributed by atoms with Gasteiger partial charge >= 0.3 is 5.97 Å². The minimum absolute atomic E-state index is 0.0401. The van der Waals surface area contributed by atoms with Crippen LogP contribution in [0.15, 0.2) is 29.2 Å². The quantitative estimate of drug-likeness (QED) is 0.665. The van der Waals surface area contributed by atoms with Crippen molar-refractivity contribution in [1.82, 2.24) is 0 Å². The van der Waals surface area contributed by atoms with Gasteiger partial charge in [-0.1, -0.05) is 18.2 Å². The Bertz CT molecular complexity index is 479. The van der Waals surface area contributed by atoms with E-state index in [0.29, 0.717) is 5.92 Å². The first-order valence-electron chi connectivity index (χ1n) is 7.12. The third-order valence-electron chi connectivity index (χ3n) is 4.59. The molecule has 1 saturated carbocycles. The molecule has 1 aromatic rings. The highest BCUT2D eigenvalue weighted by Crippen LogP contribution is 2.41. The van der Waals surface area contributed by atoms with E-state index in [4.69, 9.17) is 10.5 Å². The summed E-state index contributed by atoms with van der Waals surface area (Å²) in [6.07, 6.45) is 3.63. The molecule has 3 nitrogen and oxygen atoms in total. The van der Waals surface area contributed by atoms with Crippen molar-refractivity contribution in [2.75, 3.05) is 7.11 Å². The van der Waals surface area contributed by atoms with Gasteiger partial charge in [0.15, 0.2) is 0 Å². The molecule has 0 radical (unpaired) electrons. The molecule has 0 saturated heterocycles. The maximum Gasteiger partial charge on any atom is 0.308 e. The molecule has 0 heterocycles. The Morgan fingerprint density at radius 2 is 1.90 bits per heavy atom. The molecule has 0 aromatic heterocycles. The normalized spacial score (nSPS) is 25.8.